The molecule has 1 aliphatic carbocycles. The van der Waals surface area contributed by atoms with Crippen LogP contribution in [-0.2, 0) is 4.79 Å². The number of Topliss-reactive ketones (excluding diaryl/α,β-unsaturated/α-hetero) is 1. The van der Waals surface area contributed by atoms with Crippen LogP contribution in [0.2, 0.25) is 0 Å². The van der Waals surface area contributed by atoms with Gasteiger partial charge in [0, 0.05) is 22.1 Å². The summed E-state index contributed by atoms with van der Waals surface area (Å²) in [6.45, 7) is 0. The second-order valence-electron chi connectivity index (χ2n) is 5.51. The number of thioether (sulfide) groups is 1. The first-order chi connectivity index (χ1) is 11.1. The Kier molecular flexibility index (Phi) is 4.76. The fraction of sp³-hybridized carbons (Fsp3) is 0.222. The van der Waals surface area contributed by atoms with Gasteiger partial charge in [0.2, 0.25) is 5.91 Å². The lowest BCUT2D eigenvalue weighted by Crippen LogP contribution is -2.13. The molecule has 0 spiro atoms. The summed E-state index contributed by atoms with van der Waals surface area (Å²) in [5, 5.41) is 2.89. The van der Waals surface area contributed by atoms with E-state index in [2.05, 4.69) is 5.32 Å². The molecule has 0 aromatic heterocycles. The van der Waals surface area contributed by atoms with Gasteiger partial charge in [-0.15, -0.1) is 11.8 Å². The summed E-state index contributed by atoms with van der Waals surface area (Å²) in [4.78, 5) is 24.7. The Bertz CT molecular complexity index is 726. The van der Waals surface area contributed by atoms with E-state index in [0.29, 0.717) is 5.56 Å². The van der Waals surface area contributed by atoms with Crippen molar-refractivity contribution in [2.75, 3.05) is 11.1 Å². The van der Waals surface area contributed by atoms with Gasteiger partial charge in [0.25, 0.3) is 0 Å². The van der Waals surface area contributed by atoms with E-state index in [-0.39, 0.29) is 29.2 Å². The van der Waals surface area contributed by atoms with Crippen LogP contribution < -0.4 is 5.32 Å². The van der Waals surface area contributed by atoms with E-state index in [1.165, 1.54) is 36.0 Å². The third-order valence-corrected chi connectivity index (χ3v) is 4.58. The summed E-state index contributed by atoms with van der Waals surface area (Å²) in [5.41, 5.74) is 1.25. The van der Waals surface area contributed by atoms with Crippen LogP contribution in [0.15, 0.2) is 53.4 Å². The van der Waals surface area contributed by atoms with Crippen LogP contribution in [0.25, 0.3) is 0 Å². The average molecular weight is 329 g/mol. The van der Waals surface area contributed by atoms with Crippen LogP contribution in [-0.4, -0.2) is 17.4 Å². The molecule has 2 aromatic carbocycles. The van der Waals surface area contributed by atoms with E-state index in [9.17, 15) is 14.0 Å². The quantitative estimate of drug-likeness (QED) is 0.640. The third-order valence-electron chi connectivity index (χ3n) is 3.59. The molecule has 0 saturated heterocycles. The average Bonchev–Trinajstić information content (AvgIpc) is 3.38. The third kappa shape index (κ3) is 4.42. The lowest BCUT2D eigenvalue weighted by Gasteiger charge is -2.07. The number of nitrogens with one attached hydrogen (secondary N) is 1. The molecule has 0 radical (unpaired) electrons. The summed E-state index contributed by atoms with van der Waals surface area (Å²) in [6, 6.07) is 13.0. The highest BCUT2D eigenvalue weighted by Gasteiger charge is 2.29. The van der Waals surface area contributed by atoms with Crippen molar-refractivity contribution in [2.45, 2.75) is 17.7 Å². The second-order valence-corrected chi connectivity index (χ2v) is 6.56. The normalized spacial score (nSPS) is 13.6. The number of rotatable bonds is 6. The molecule has 0 unspecified atom stereocenters. The maximum atomic E-state index is 12.9. The van der Waals surface area contributed by atoms with Crippen molar-refractivity contribution in [1.82, 2.24) is 0 Å². The van der Waals surface area contributed by atoms with Crippen molar-refractivity contribution in [3.05, 3.63) is 59.9 Å². The molecule has 118 valence electrons. The Labute approximate surface area is 138 Å². The fourth-order valence-electron chi connectivity index (χ4n) is 2.12. The van der Waals surface area contributed by atoms with Crippen molar-refractivity contribution in [1.29, 1.82) is 0 Å². The van der Waals surface area contributed by atoms with Gasteiger partial charge in [-0.2, -0.15) is 0 Å². The van der Waals surface area contributed by atoms with Crippen LogP contribution in [0.1, 0.15) is 23.2 Å². The molecule has 0 heterocycles. The summed E-state index contributed by atoms with van der Waals surface area (Å²) >= 11 is 1.40. The number of benzene rings is 2. The number of carbonyl (C=O) groups excluding carboxylic acids is 2. The number of halogens is 1. The molecule has 1 aliphatic rings. The molecule has 0 atom stereocenters. The summed E-state index contributed by atoms with van der Waals surface area (Å²) in [7, 11) is 0. The Morgan fingerprint density at radius 2 is 1.87 bits per heavy atom. The van der Waals surface area contributed by atoms with Crippen LogP contribution >= 0.6 is 11.8 Å². The van der Waals surface area contributed by atoms with Crippen molar-refractivity contribution < 1.29 is 14.0 Å². The zero-order valence-corrected chi connectivity index (χ0v) is 13.2. The first kappa shape index (κ1) is 15.7. The van der Waals surface area contributed by atoms with Crippen molar-refractivity contribution in [3.8, 4) is 0 Å². The number of amides is 1. The van der Waals surface area contributed by atoms with Gasteiger partial charge < -0.3 is 5.32 Å². The molecule has 1 saturated carbocycles. The maximum Gasteiger partial charge on any atom is 0.227 e. The molecular weight excluding hydrogens is 313 g/mol. The highest BCUT2D eigenvalue weighted by molar-refractivity contribution is 8.00. The molecule has 1 amide bonds. The Balaban J connectivity index is 1.58. The Morgan fingerprint density at radius 1 is 1.13 bits per heavy atom. The van der Waals surface area contributed by atoms with Crippen molar-refractivity contribution in [2.24, 2.45) is 5.92 Å². The van der Waals surface area contributed by atoms with Crippen LogP contribution in [0.5, 0.6) is 0 Å². The van der Waals surface area contributed by atoms with Crippen LogP contribution in [0.3, 0.4) is 0 Å². The Hall–Kier alpha value is -2.14. The van der Waals surface area contributed by atoms with Gasteiger partial charge >= 0.3 is 0 Å². The van der Waals surface area contributed by atoms with Crippen molar-refractivity contribution >= 4 is 29.1 Å². The highest BCUT2D eigenvalue weighted by atomic mass is 32.2. The van der Waals surface area contributed by atoms with Gasteiger partial charge in [0.05, 0.1) is 5.75 Å². The fourth-order valence-corrected chi connectivity index (χ4v) is 2.97. The molecule has 23 heavy (non-hydrogen) atoms. The zero-order chi connectivity index (χ0) is 16.2. The van der Waals surface area contributed by atoms with Gasteiger partial charge in [0.15, 0.2) is 5.78 Å². The van der Waals surface area contributed by atoms with Crippen molar-refractivity contribution in [3.63, 3.8) is 0 Å². The number of anilines is 1. The van der Waals surface area contributed by atoms with E-state index < -0.39 is 0 Å². The summed E-state index contributed by atoms with van der Waals surface area (Å²) in [6.07, 6.45) is 1.93. The standard InChI is InChI=1S/C18H16FNO2S/c19-14-8-6-12(7-9-14)17(21)11-23-16-3-1-2-15(10-16)20-18(22)13-4-5-13/h1-3,6-10,13H,4-5,11H2,(H,20,22). The second kappa shape index (κ2) is 6.96. The molecule has 3 nitrogen and oxygen atoms in total. The van der Waals surface area contributed by atoms with Crippen LogP contribution in [0, 0.1) is 11.7 Å². The van der Waals surface area contributed by atoms with E-state index in [4.69, 9.17) is 0 Å². The summed E-state index contributed by atoms with van der Waals surface area (Å²) < 4.78 is 12.9. The topological polar surface area (TPSA) is 46.2 Å². The van der Waals surface area contributed by atoms with E-state index in [1.54, 1.807) is 0 Å². The molecule has 5 heteroatoms. The van der Waals surface area contributed by atoms with E-state index in [0.717, 1.165) is 23.4 Å². The smallest absolute Gasteiger partial charge is 0.227 e. The van der Waals surface area contributed by atoms with Gasteiger partial charge in [-0.3, -0.25) is 9.59 Å². The molecular formula is C18H16FNO2S. The number of hydrogen-bond acceptors (Lipinski definition) is 3. The van der Waals surface area contributed by atoms with E-state index in [1.807, 2.05) is 24.3 Å². The highest BCUT2D eigenvalue weighted by Crippen LogP contribution is 2.30. The minimum atomic E-state index is -0.353. The predicted molar refractivity (Wildman–Crippen MR) is 89.3 cm³/mol. The SMILES string of the molecule is O=C(CSc1cccc(NC(=O)C2CC2)c1)c1ccc(F)cc1. The number of ketones is 1. The maximum absolute atomic E-state index is 12.9. The number of hydrogen-bond donors (Lipinski definition) is 1. The number of carbonyl (C=O) groups is 2. The molecule has 0 aliphatic heterocycles. The van der Waals surface area contributed by atoms with Gasteiger partial charge in [-0.25, -0.2) is 4.39 Å². The minimum absolute atomic E-state index is 0.0533. The van der Waals surface area contributed by atoms with Gasteiger partial charge in [-0.1, -0.05) is 6.07 Å². The van der Waals surface area contributed by atoms with Gasteiger partial charge in [-0.05, 0) is 55.3 Å². The summed E-state index contributed by atoms with van der Waals surface area (Å²) in [5.74, 6) is 0.0858. The lowest BCUT2D eigenvalue weighted by atomic mass is 10.1. The first-order valence-electron chi connectivity index (χ1n) is 7.44. The lowest BCUT2D eigenvalue weighted by molar-refractivity contribution is -0.117. The predicted octanol–water partition coefficient (Wildman–Crippen LogP) is 4.15. The van der Waals surface area contributed by atoms with E-state index >= 15 is 0 Å². The molecule has 3 rings (SSSR count). The molecule has 1 N–H and O–H groups in total. The molecule has 1 fully saturated rings. The molecule has 2 aromatic rings. The van der Waals surface area contributed by atoms with Gasteiger partial charge in [0.1, 0.15) is 5.82 Å². The Morgan fingerprint density at radius 3 is 2.57 bits per heavy atom. The largest absolute Gasteiger partial charge is 0.326 e. The zero-order valence-electron chi connectivity index (χ0n) is 12.4. The minimum Gasteiger partial charge on any atom is -0.326 e. The molecule has 0 bridgehead atoms. The monoisotopic (exact) mass is 329 g/mol. The first-order valence-corrected chi connectivity index (χ1v) is 8.43. The van der Waals surface area contributed by atoms with Crippen LogP contribution in [0.4, 0.5) is 10.1 Å².